The fourth-order valence-corrected chi connectivity index (χ4v) is 19.6. The highest BCUT2D eigenvalue weighted by molar-refractivity contribution is 6.15. The first kappa shape index (κ1) is 76.3. The lowest BCUT2D eigenvalue weighted by Crippen LogP contribution is -1.94. The molecule has 0 atom stereocenters. The molecule has 0 radical (unpaired) electrons. The Labute approximate surface area is 753 Å². The Bertz CT molecular complexity index is 8510. The summed E-state index contributed by atoms with van der Waals surface area (Å²) in [7, 11) is 0. The van der Waals surface area contributed by atoms with E-state index in [1.54, 1.807) is 0 Å². The van der Waals surface area contributed by atoms with Crippen LogP contribution in [0.25, 0.3) is 233 Å². The van der Waals surface area contributed by atoms with Gasteiger partial charge < -0.3 is 18.3 Å². The zero-order valence-corrected chi connectivity index (χ0v) is 71.0. The van der Waals surface area contributed by atoms with Gasteiger partial charge in [-0.1, -0.05) is 334 Å². The lowest BCUT2D eigenvalue weighted by Gasteiger charge is -2.13. The molecule has 0 unspecified atom stereocenters. The monoisotopic (exact) mass is 1650 g/mol. The van der Waals surface area contributed by atoms with E-state index < -0.39 is 0 Å². The Morgan fingerprint density at radius 2 is 0.308 bits per heavy atom. The molecule has 19 aromatic carbocycles. The van der Waals surface area contributed by atoms with Crippen molar-refractivity contribution < 1.29 is 0 Å². The van der Waals surface area contributed by atoms with Gasteiger partial charge in [0.25, 0.3) is 0 Å². The van der Waals surface area contributed by atoms with Gasteiger partial charge >= 0.3 is 0 Å². The van der Waals surface area contributed by atoms with Crippen LogP contribution in [0.3, 0.4) is 0 Å². The third kappa shape index (κ3) is 14.0. The highest BCUT2D eigenvalue weighted by atomic mass is 15.0. The highest BCUT2D eigenvalue weighted by Crippen LogP contribution is 2.44. The molecule has 0 amide bonds. The second kappa shape index (κ2) is 32.7. The van der Waals surface area contributed by atoms with Crippen molar-refractivity contribution in [2.24, 2.45) is 0 Å². The molecule has 0 saturated carbocycles. The summed E-state index contributed by atoms with van der Waals surface area (Å²) >= 11 is 0. The summed E-state index contributed by atoms with van der Waals surface area (Å²) in [5.41, 5.74) is 38.8. The molecule has 608 valence electrons. The minimum Gasteiger partial charge on any atom is -0.309 e. The maximum Gasteiger partial charge on any atom is 0.0715 e. The second-order valence-electron chi connectivity index (χ2n) is 33.6. The standard InChI is InChI=1S/C65H43N3.C59H39N3/c1-4-16-45(17-5-1)60-42-53(43-61(66-60)46-18-6-2-7-19-46)50-23-15-22-49(39-50)48-21-14-20-47(38-48)44-30-34-55(35-31-44)68-63-29-13-11-27-57(63)59-41-52(33-37-65(59)68)51-32-36-64-58(40-51)56-26-10-12-28-62(56)67(64)54-24-8-3-9-25-54;1-4-16-40(17-5-1)54-38-47(39-55(60-54)41-18-6-2-7-19-41)43-21-14-20-42(34-43)44-22-15-25-49(35-44)62-57-29-13-11-27-51(57)53-37-46(31-33-59(53)62)45-30-32-58-52(36-45)50-26-10-12-28-56(50)61(58)48-23-8-3-9-24-48/h1-43H;1-39H. The Morgan fingerprint density at radius 1 is 0.108 bits per heavy atom. The van der Waals surface area contributed by atoms with Crippen molar-refractivity contribution in [1.82, 2.24) is 28.2 Å². The minimum atomic E-state index is 0.958. The van der Waals surface area contributed by atoms with Gasteiger partial charge in [-0.25, -0.2) is 9.97 Å². The molecule has 25 rings (SSSR count). The third-order valence-electron chi connectivity index (χ3n) is 25.8. The zero-order valence-electron chi connectivity index (χ0n) is 71.0. The van der Waals surface area contributed by atoms with Crippen LogP contribution in [0.15, 0.2) is 497 Å². The number of nitrogens with zero attached hydrogens (tertiary/aromatic N) is 6. The van der Waals surface area contributed by atoms with E-state index in [1.807, 2.05) is 24.3 Å². The van der Waals surface area contributed by atoms with E-state index in [2.05, 4.69) is 491 Å². The molecule has 0 aliphatic rings. The van der Waals surface area contributed by atoms with Gasteiger partial charge in [0, 0.05) is 88.1 Å². The molecule has 0 saturated heterocycles. The number of hydrogen-bond acceptors (Lipinski definition) is 2. The summed E-state index contributed by atoms with van der Waals surface area (Å²) in [4.78, 5) is 10.2. The van der Waals surface area contributed by atoms with E-state index >= 15 is 0 Å². The van der Waals surface area contributed by atoms with Gasteiger partial charge in [0.2, 0.25) is 0 Å². The molecule has 130 heavy (non-hydrogen) atoms. The van der Waals surface area contributed by atoms with E-state index in [0.717, 1.165) is 89.8 Å². The van der Waals surface area contributed by atoms with Crippen molar-refractivity contribution in [1.29, 1.82) is 0 Å². The lowest BCUT2D eigenvalue weighted by molar-refractivity contribution is 1.18. The lowest BCUT2D eigenvalue weighted by atomic mass is 9.95. The number of rotatable bonds is 15. The van der Waals surface area contributed by atoms with Crippen LogP contribution in [0.4, 0.5) is 0 Å². The molecule has 0 aliphatic carbocycles. The van der Waals surface area contributed by atoms with Crippen molar-refractivity contribution in [2.45, 2.75) is 0 Å². The van der Waals surface area contributed by atoms with Crippen molar-refractivity contribution in [2.75, 3.05) is 0 Å². The molecule has 6 heterocycles. The number of fused-ring (bicyclic) bond motifs is 12. The van der Waals surface area contributed by atoms with Crippen LogP contribution in [0, 0.1) is 0 Å². The van der Waals surface area contributed by atoms with Gasteiger partial charge in [-0.05, 0) is 242 Å². The second-order valence-corrected chi connectivity index (χ2v) is 33.6. The Morgan fingerprint density at radius 3 is 0.615 bits per heavy atom. The highest BCUT2D eigenvalue weighted by Gasteiger charge is 2.22. The van der Waals surface area contributed by atoms with E-state index in [9.17, 15) is 0 Å². The SMILES string of the molecule is c1ccc(-c2cc(-c3cccc(-c4cccc(-c5ccc(-n6c7ccccc7c7cc(-c8ccc9c(c8)c8ccccc8n9-c8ccccc8)ccc76)cc5)c4)c3)cc(-c3ccccc3)n2)cc1.c1ccc(-c2cc(-c3cccc(-c4cccc(-n5c6ccccc6c6cc(-c7ccc8c(c7)c7ccccc7n8-c7ccccc7)ccc65)c4)c3)cc(-c3ccccc3)n2)cc1. The fraction of sp³-hybridized carbons (Fsp3) is 0. The predicted molar refractivity (Wildman–Crippen MR) is 546 cm³/mol. The van der Waals surface area contributed by atoms with Crippen LogP contribution in [-0.2, 0) is 0 Å². The number of pyridine rings is 2. The van der Waals surface area contributed by atoms with Crippen LogP contribution in [0.1, 0.15) is 0 Å². The first-order chi connectivity index (χ1) is 64.4. The number of aromatic nitrogens is 6. The van der Waals surface area contributed by atoms with E-state index in [4.69, 9.17) is 9.97 Å². The van der Waals surface area contributed by atoms with E-state index in [1.165, 1.54) is 143 Å². The quantitative estimate of drug-likeness (QED) is 0.103. The van der Waals surface area contributed by atoms with Gasteiger partial charge in [0.15, 0.2) is 0 Å². The molecule has 0 bridgehead atoms. The molecule has 0 spiro atoms. The van der Waals surface area contributed by atoms with Crippen LogP contribution in [-0.4, -0.2) is 28.2 Å². The van der Waals surface area contributed by atoms with Crippen LogP contribution in [0.5, 0.6) is 0 Å². The van der Waals surface area contributed by atoms with Gasteiger partial charge in [-0.3, -0.25) is 0 Å². The van der Waals surface area contributed by atoms with Gasteiger partial charge in [0.1, 0.15) is 0 Å². The normalized spacial score (nSPS) is 11.5. The Hall–Kier alpha value is -17.3. The van der Waals surface area contributed by atoms with Crippen molar-refractivity contribution in [3.05, 3.63) is 497 Å². The molecule has 0 fully saturated rings. The number of para-hydroxylation sites is 6. The van der Waals surface area contributed by atoms with Crippen LogP contribution >= 0.6 is 0 Å². The van der Waals surface area contributed by atoms with Crippen molar-refractivity contribution >= 4 is 87.2 Å². The van der Waals surface area contributed by atoms with Crippen molar-refractivity contribution in [3.63, 3.8) is 0 Å². The first-order valence-electron chi connectivity index (χ1n) is 44.5. The maximum atomic E-state index is 5.12. The molecule has 6 aromatic heterocycles. The topological polar surface area (TPSA) is 45.5 Å². The Kier molecular flexibility index (Phi) is 19.2. The average Bonchev–Trinajstić information content (AvgIpc) is 1.59. The molecular formula is C124H82N6. The molecule has 25 aromatic rings. The number of hydrogen-bond donors (Lipinski definition) is 0. The molecule has 6 heteroatoms. The summed E-state index contributed by atoms with van der Waals surface area (Å²) in [5.74, 6) is 0. The predicted octanol–water partition coefficient (Wildman–Crippen LogP) is 32.9. The van der Waals surface area contributed by atoms with Crippen LogP contribution in [0.2, 0.25) is 0 Å². The summed E-state index contributed by atoms with van der Waals surface area (Å²) in [5, 5.41) is 9.97. The molecule has 6 nitrogen and oxygen atoms in total. The zero-order chi connectivity index (χ0) is 86.0. The third-order valence-corrected chi connectivity index (χ3v) is 25.8. The first-order valence-corrected chi connectivity index (χ1v) is 44.5. The minimum absolute atomic E-state index is 0.958. The Balaban J connectivity index is 0.000000145. The molecule has 0 N–H and O–H groups in total. The largest absolute Gasteiger partial charge is 0.309 e. The summed E-state index contributed by atoms with van der Waals surface area (Å²) in [6, 6.07) is 179. The van der Waals surface area contributed by atoms with Crippen molar-refractivity contribution in [3.8, 4) is 146 Å². The summed E-state index contributed by atoms with van der Waals surface area (Å²) in [6.07, 6.45) is 0. The van der Waals surface area contributed by atoms with Gasteiger partial charge in [0.05, 0.1) is 66.9 Å². The maximum absolute atomic E-state index is 5.12. The van der Waals surface area contributed by atoms with Gasteiger partial charge in [-0.15, -0.1) is 0 Å². The van der Waals surface area contributed by atoms with E-state index in [-0.39, 0.29) is 0 Å². The summed E-state index contributed by atoms with van der Waals surface area (Å²) < 4.78 is 9.57. The number of benzene rings is 19. The van der Waals surface area contributed by atoms with Crippen LogP contribution < -0.4 is 0 Å². The molecule has 0 aliphatic heterocycles. The van der Waals surface area contributed by atoms with E-state index in [0.29, 0.717) is 0 Å². The average molecular weight is 1660 g/mol. The fourth-order valence-electron chi connectivity index (χ4n) is 19.6. The smallest absolute Gasteiger partial charge is 0.0715 e. The molecular weight excluding hydrogens is 1570 g/mol. The summed E-state index contributed by atoms with van der Waals surface area (Å²) in [6.45, 7) is 0. The van der Waals surface area contributed by atoms with Gasteiger partial charge in [-0.2, -0.15) is 0 Å².